The predicted octanol–water partition coefficient (Wildman–Crippen LogP) is 4.67. The topological polar surface area (TPSA) is 57.1 Å². The van der Waals surface area contributed by atoms with Crippen LogP contribution in [0.4, 0.5) is 0 Å². The number of ether oxygens (including phenoxy) is 1. The quantitative estimate of drug-likeness (QED) is 0.710. The smallest absolute Gasteiger partial charge is 0.123 e. The fourth-order valence-electron chi connectivity index (χ4n) is 3.80. The van der Waals surface area contributed by atoms with Gasteiger partial charge in [0.1, 0.15) is 5.75 Å². The number of hydrogen-bond donors (Lipinski definition) is 2. The largest absolute Gasteiger partial charge is 0.494 e. The van der Waals surface area contributed by atoms with Gasteiger partial charge in [0.2, 0.25) is 0 Å². The van der Waals surface area contributed by atoms with Gasteiger partial charge in [-0.3, -0.25) is 0 Å². The first-order valence-corrected chi connectivity index (χ1v) is 9.90. The summed E-state index contributed by atoms with van der Waals surface area (Å²) in [5.74, 6) is 0.939. The second kappa shape index (κ2) is 11.1. The van der Waals surface area contributed by atoms with Gasteiger partial charge in [0.05, 0.1) is 18.2 Å². The second-order valence-electron chi connectivity index (χ2n) is 7.17. The minimum Gasteiger partial charge on any atom is -0.494 e. The average molecular weight is 400 g/mol. The summed E-state index contributed by atoms with van der Waals surface area (Å²) in [6, 6.07) is 17.5. The third kappa shape index (κ3) is 5.72. The molecule has 0 saturated heterocycles. The van der Waals surface area contributed by atoms with E-state index in [2.05, 4.69) is 35.9 Å². The van der Waals surface area contributed by atoms with Crippen LogP contribution < -0.4 is 15.4 Å². The molecule has 1 aliphatic rings. The van der Waals surface area contributed by atoms with Crippen molar-refractivity contribution < 1.29 is 4.74 Å². The minimum absolute atomic E-state index is 0. The van der Waals surface area contributed by atoms with E-state index >= 15 is 0 Å². The highest BCUT2D eigenvalue weighted by atomic mass is 35.5. The third-order valence-electron chi connectivity index (χ3n) is 5.40. The first kappa shape index (κ1) is 22.2. The van der Waals surface area contributed by atoms with Crippen molar-refractivity contribution in [1.82, 2.24) is 10.6 Å². The van der Waals surface area contributed by atoms with E-state index in [1.165, 1.54) is 31.2 Å². The lowest BCUT2D eigenvalue weighted by Crippen LogP contribution is -2.38. The number of halogens is 1. The van der Waals surface area contributed by atoms with Crippen molar-refractivity contribution >= 4 is 12.4 Å². The molecule has 0 aliphatic heterocycles. The van der Waals surface area contributed by atoms with E-state index in [1.54, 1.807) is 0 Å². The zero-order chi connectivity index (χ0) is 19.1. The molecular formula is C23H30ClN3O. The third-order valence-corrected chi connectivity index (χ3v) is 5.40. The van der Waals surface area contributed by atoms with E-state index < -0.39 is 0 Å². The maximum Gasteiger partial charge on any atom is 0.123 e. The molecule has 0 aromatic heterocycles. The summed E-state index contributed by atoms with van der Waals surface area (Å²) in [5.41, 5.74) is 4.04. The SMILES string of the molecule is CCOc1ccc(-c2cccc(C#N)c2)cc1CNC1CCC(NC)CC1.Cl. The monoisotopic (exact) mass is 399 g/mol. The van der Waals surface area contributed by atoms with Gasteiger partial charge in [0, 0.05) is 24.2 Å². The van der Waals surface area contributed by atoms with Gasteiger partial charge in [-0.15, -0.1) is 12.4 Å². The summed E-state index contributed by atoms with van der Waals surface area (Å²) < 4.78 is 5.84. The van der Waals surface area contributed by atoms with E-state index in [0.717, 1.165) is 23.4 Å². The van der Waals surface area contributed by atoms with Crippen LogP contribution in [0.15, 0.2) is 42.5 Å². The van der Waals surface area contributed by atoms with E-state index in [1.807, 2.05) is 37.3 Å². The van der Waals surface area contributed by atoms with Gasteiger partial charge in [-0.25, -0.2) is 0 Å². The normalized spacial score (nSPS) is 18.8. The Balaban J connectivity index is 0.00000280. The number of benzene rings is 2. The molecule has 1 fully saturated rings. The molecule has 1 aliphatic carbocycles. The Morgan fingerprint density at radius 3 is 2.43 bits per heavy atom. The van der Waals surface area contributed by atoms with Gasteiger partial charge in [0.15, 0.2) is 0 Å². The molecule has 2 aromatic carbocycles. The number of nitrogens with one attached hydrogen (secondary N) is 2. The van der Waals surface area contributed by atoms with Gasteiger partial charge in [0.25, 0.3) is 0 Å². The molecule has 2 N–H and O–H groups in total. The number of nitrogens with zero attached hydrogens (tertiary/aromatic N) is 1. The molecule has 0 unspecified atom stereocenters. The second-order valence-corrected chi connectivity index (χ2v) is 7.17. The molecule has 0 bridgehead atoms. The summed E-state index contributed by atoms with van der Waals surface area (Å²) in [6.07, 6.45) is 4.87. The lowest BCUT2D eigenvalue weighted by molar-refractivity contribution is 0.310. The lowest BCUT2D eigenvalue weighted by Gasteiger charge is -2.29. The molecule has 0 atom stereocenters. The molecule has 0 spiro atoms. The molecule has 0 heterocycles. The highest BCUT2D eigenvalue weighted by Crippen LogP contribution is 2.28. The fourth-order valence-corrected chi connectivity index (χ4v) is 3.80. The molecule has 5 heteroatoms. The van der Waals surface area contributed by atoms with E-state index in [4.69, 9.17) is 10.00 Å². The molecule has 3 rings (SSSR count). The van der Waals surface area contributed by atoms with E-state index in [-0.39, 0.29) is 12.4 Å². The molecular weight excluding hydrogens is 370 g/mol. The highest BCUT2D eigenvalue weighted by Gasteiger charge is 2.19. The molecule has 4 nitrogen and oxygen atoms in total. The van der Waals surface area contributed by atoms with Gasteiger partial charge in [-0.2, -0.15) is 5.26 Å². The fraction of sp³-hybridized carbons (Fsp3) is 0.435. The molecule has 1 saturated carbocycles. The Morgan fingerprint density at radius 1 is 1.04 bits per heavy atom. The van der Waals surface area contributed by atoms with E-state index in [9.17, 15) is 0 Å². The minimum atomic E-state index is 0. The summed E-state index contributed by atoms with van der Waals surface area (Å²) in [4.78, 5) is 0. The Bertz CT molecular complexity index is 795. The van der Waals surface area contributed by atoms with E-state index in [0.29, 0.717) is 24.3 Å². The van der Waals surface area contributed by atoms with Crippen molar-refractivity contribution in [2.45, 2.75) is 51.2 Å². The van der Waals surface area contributed by atoms with Gasteiger partial charge < -0.3 is 15.4 Å². The number of nitriles is 1. The zero-order valence-corrected chi connectivity index (χ0v) is 17.5. The predicted molar refractivity (Wildman–Crippen MR) is 117 cm³/mol. The van der Waals surface area contributed by atoms with Crippen LogP contribution in [0.3, 0.4) is 0 Å². The van der Waals surface area contributed by atoms with Crippen LogP contribution in [0.1, 0.15) is 43.7 Å². The summed E-state index contributed by atoms with van der Waals surface area (Å²) in [5, 5.41) is 16.3. The lowest BCUT2D eigenvalue weighted by atomic mass is 9.91. The van der Waals surface area contributed by atoms with Crippen LogP contribution in [0.25, 0.3) is 11.1 Å². The van der Waals surface area contributed by atoms with Crippen molar-refractivity contribution in [3.05, 3.63) is 53.6 Å². The first-order chi connectivity index (χ1) is 13.2. The highest BCUT2D eigenvalue weighted by molar-refractivity contribution is 5.85. The van der Waals surface area contributed by atoms with Gasteiger partial charge >= 0.3 is 0 Å². The van der Waals surface area contributed by atoms with Gasteiger partial charge in [-0.1, -0.05) is 18.2 Å². The zero-order valence-electron chi connectivity index (χ0n) is 16.7. The van der Waals surface area contributed by atoms with Crippen LogP contribution in [-0.4, -0.2) is 25.7 Å². The molecule has 0 amide bonds. The van der Waals surface area contributed by atoms with Crippen molar-refractivity contribution in [2.75, 3.05) is 13.7 Å². The van der Waals surface area contributed by atoms with Crippen molar-refractivity contribution in [2.24, 2.45) is 0 Å². The van der Waals surface area contributed by atoms with Crippen molar-refractivity contribution in [3.8, 4) is 22.9 Å². The molecule has 28 heavy (non-hydrogen) atoms. The standard InChI is InChI=1S/C23H29N3O.ClH/c1-3-27-23-12-7-19(18-6-4-5-17(13-18)15-24)14-20(23)16-26-22-10-8-21(25-2)9-11-22;/h4-7,12-14,21-22,25-26H,3,8-11,16H2,1-2H3;1H. The van der Waals surface area contributed by atoms with Crippen LogP contribution >= 0.6 is 12.4 Å². The number of hydrogen-bond acceptors (Lipinski definition) is 4. The average Bonchev–Trinajstić information content (AvgIpc) is 2.73. The maximum absolute atomic E-state index is 9.16. The molecule has 2 aromatic rings. The first-order valence-electron chi connectivity index (χ1n) is 9.90. The Hall–Kier alpha value is -2.06. The molecule has 150 valence electrons. The maximum atomic E-state index is 9.16. The summed E-state index contributed by atoms with van der Waals surface area (Å²) >= 11 is 0. The Morgan fingerprint density at radius 2 is 1.75 bits per heavy atom. The van der Waals surface area contributed by atoms with Crippen LogP contribution in [0.5, 0.6) is 5.75 Å². The van der Waals surface area contributed by atoms with Gasteiger partial charge in [-0.05, 0) is 75.0 Å². The van der Waals surface area contributed by atoms with Crippen LogP contribution in [0, 0.1) is 11.3 Å². The molecule has 0 radical (unpaired) electrons. The van der Waals surface area contributed by atoms with Crippen molar-refractivity contribution in [3.63, 3.8) is 0 Å². The van der Waals surface area contributed by atoms with Crippen LogP contribution in [-0.2, 0) is 6.54 Å². The van der Waals surface area contributed by atoms with Crippen LogP contribution in [0.2, 0.25) is 0 Å². The summed E-state index contributed by atoms with van der Waals surface area (Å²) in [7, 11) is 2.06. The Kier molecular flexibility index (Phi) is 8.79. The summed E-state index contributed by atoms with van der Waals surface area (Å²) in [6.45, 7) is 3.47. The Labute approximate surface area is 174 Å². The van der Waals surface area contributed by atoms with Crippen molar-refractivity contribution in [1.29, 1.82) is 5.26 Å². The number of rotatable bonds is 7.